The minimum absolute atomic E-state index is 0.110. The van der Waals surface area contributed by atoms with E-state index in [-0.39, 0.29) is 12.3 Å². The van der Waals surface area contributed by atoms with Gasteiger partial charge in [0, 0.05) is 0 Å². The lowest BCUT2D eigenvalue weighted by Gasteiger charge is -2.03. The summed E-state index contributed by atoms with van der Waals surface area (Å²) in [6, 6.07) is 9.62. The van der Waals surface area contributed by atoms with Gasteiger partial charge in [-0.2, -0.15) is 0 Å². The third-order valence-electron chi connectivity index (χ3n) is 2.06. The molecule has 1 N–H and O–H groups in total. The summed E-state index contributed by atoms with van der Waals surface area (Å²) in [5.74, 6) is -0.553. The molecule has 0 aromatic heterocycles. The average Bonchev–Trinajstić information content (AvgIpc) is 2.39. The molecule has 0 radical (unpaired) electrons. The summed E-state index contributed by atoms with van der Waals surface area (Å²) in [6.45, 7) is 1.97. The van der Waals surface area contributed by atoms with Crippen molar-refractivity contribution in [3.8, 4) is 0 Å². The number of allylic oxidation sites excluding steroid dienone is 2. The van der Waals surface area contributed by atoms with Crippen LogP contribution in [0.25, 0.3) is 6.08 Å². The van der Waals surface area contributed by atoms with Crippen molar-refractivity contribution in [2.24, 2.45) is 0 Å². The normalized spacial score (nSPS) is 11.3. The Morgan fingerprint density at radius 2 is 2.06 bits per heavy atom. The Morgan fingerprint density at radius 3 is 2.67 bits per heavy atom. The lowest BCUT2D eigenvalue weighted by Crippen LogP contribution is -2.20. The molecule has 0 aliphatic rings. The first-order chi connectivity index (χ1) is 8.77. The Kier molecular flexibility index (Phi) is 5.97. The zero-order valence-electron chi connectivity index (χ0n) is 10.1. The molecule has 1 amide bonds. The Bertz CT molecular complexity index is 449. The van der Waals surface area contributed by atoms with Crippen molar-refractivity contribution in [2.45, 2.75) is 6.92 Å². The Labute approximate surface area is 106 Å². The van der Waals surface area contributed by atoms with E-state index >= 15 is 0 Å². The van der Waals surface area contributed by atoms with E-state index in [0.717, 1.165) is 5.56 Å². The predicted molar refractivity (Wildman–Crippen MR) is 69.4 cm³/mol. The molecule has 4 nitrogen and oxygen atoms in total. The molecule has 0 aliphatic heterocycles. The Morgan fingerprint density at radius 1 is 1.33 bits per heavy atom. The quantitative estimate of drug-likeness (QED) is 0.360. The maximum atomic E-state index is 11.4. The number of esters is 1. The first-order valence-corrected chi connectivity index (χ1v) is 5.58. The smallest absolute Gasteiger partial charge is 0.354 e. The molecule has 0 bridgehead atoms. The van der Waals surface area contributed by atoms with Crippen molar-refractivity contribution in [2.75, 3.05) is 6.61 Å². The van der Waals surface area contributed by atoms with Crippen LogP contribution in [0, 0.1) is 0 Å². The van der Waals surface area contributed by atoms with Gasteiger partial charge in [0.05, 0.1) is 6.61 Å². The molecule has 0 atom stereocenters. The SMILES string of the molecule is CCOC(=O)C(=CC=Cc1ccccc1)NC=O. The van der Waals surface area contributed by atoms with Gasteiger partial charge in [-0.25, -0.2) is 4.79 Å². The van der Waals surface area contributed by atoms with Crippen LogP contribution in [0.15, 0.2) is 48.2 Å². The fourth-order valence-electron chi connectivity index (χ4n) is 1.27. The van der Waals surface area contributed by atoms with Crippen molar-refractivity contribution in [3.63, 3.8) is 0 Å². The highest BCUT2D eigenvalue weighted by Crippen LogP contribution is 2.02. The number of ether oxygens (including phenoxy) is 1. The number of amides is 1. The second-order valence-corrected chi connectivity index (χ2v) is 3.33. The molecule has 4 heteroatoms. The van der Waals surface area contributed by atoms with Gasteiger partial charge in [-0.15, -0.1) is 0 Å². The van der Waals surface area contributed by atoms with Gasteiger partial charge in [-0.3, -0.25) is 4.79 Å². The maximum Gasteiger partial charge on any atom is 0.354 e. The molecular formula is C14H15NO3. The molecule has 1 aromatic carbocycles. The highest BCUT2D eigenvalue weighted by Gasteiger charge is 2.07. The molecule has 0 aliphatic carbocycles. The molecule has 0 unspecified atom stereocenters. The van der Waals surface area contributed by atoms with E-state index in [4.69, 9.17) is 4.74 Å². The van der Waals surface area contributed by atoms with E-state index in [0.29, 0.717) is 6.41 Å². The molecule has 1 rings (SSSR count). The monoisotopic (exact) mass is 245 g/mol. The van der Waals surface area contributed by atoms with Crippen LogP contribution in [-0.2, 0) is 14.3 Å². The lowest BCUT2D eigenvalue weighted by atomic mass is 10.2. The molecule has 0 spiro atoms. The van der Waals surface area contributed by atoms with Gasteiger partial charge < -0.3 is 10.1 Å². The van der Waals surface area contributed by atoms with Crippen LogP contribution in [-0.4, -0.2) is 19.0 Å². The fourth-order valence-corrected chi connectivity index (χ4v) is 1.27. The number of hydrogen-bond donors (Lipinski definition) is 1. The van der Waals surface area contributed by atoms with E-state index in [2.05, 4.69) is 5.32 Å². The molecule has 1 aromatic rings. The number of benzene rings is 1. The number of rotatable bonds is 6. The van der Waals surface area contributed by atoms with Crippen LogP contribution < -0.4 is 5.32 Å². The van der Waals surface area contributed by atoms with E-state index in [9.17, 15) is 9.59 Å². The topological polar surface area (TPSA) is 55.4 Å². The van der Waals surface area contributed by atoms with Crippen molar-refractivity contribution < 1.29 is 14.3 Å². The maximum absolute atomic E-state index is 11.4. The van der Waals surface area contributed by atoms with Gasteiger partial charge in [0.2, 0.25) is 6.41 Å². The van der Waals surface area contributed by atoms with Crippen LogP contribution in [0.4, 0.5) is 0 Å². The zero-order valence-corrected chi connectivity index (χ0v) is 10.1. The van der Waals surface area contributed by atoms with Crippen LogP contribution in [0.2, 0.25) is 0 Å². The van der Waals surface area contributed by atoms with Gasteiger partial charge in [0.25, 0.3) is 0 Å². The van der Waals surface area contributed by atoms with Crippen molar-refractivity contribution in [1.82, 2.24) is 5.32 Å². The van der Waals surface area contributed by atoms with Gasteiger partial charge in [-0.1, -0.05) is 42.5 Å². The van der Waals surface area contributed by atoms with E-state index in [1.165, 1.54) is 6.08 Å². The zero-order chi connectivity index (χ0) is 13.2. The summed E-state index contributed by atoms with van der Waals surface area (Å²) in [4.78, 5) is 21.8. The summed E-state index contributed by atoms with van der Waals surface area (Å²) < 4.78 is 4.80. The van der Waals surface area contributed by atoms with Crippen molar-refractivity contribution >= 4 is 18.5 Å². The molecule has 0 fully saturated rings. The number of hydrogen-bond acceptors (Lipinski definition) is 3. The molecule has 94 valence electrons. The summed E-state index contributed by atoms with van der Waals surface area (Å²) >= 11 is 0. The number of carbonyl (C=O) groups excluding carboxylic acids is 2. The van der Waals surface area contributed by atoms with Gasteiger partial charge in [0.1, 0.15) is 5.70 Å². The fraction of sp³-hybridized carbons (Fsp3) is 0.143. The first-order valence-electron chi connectivity index (χ1n) is 5.58. The first kappa shape index (κ1) is 13.7. The van der Waals surface area contributed by atoms with Crippen LogP contribution in [0.5, 0.6) is 0 Å². The van der Waals surface area contributed by atoms with E-state index in [1.807, 2.05) is 36.4 Å². The van der Waals surface area contributed by atoms with Gasteiger partial charge in [-0.05, 0) is 18.6 Å². The summed E-state index contributed by atoms with van der Waals surface area (Å²) in [7, 11) is 0. The Balaban J connectivity index is 2.74. The minimum atomic E-state index is -0.553. The lowest BCUT2D eigenvalue weighted by molar-refractivity contribution is -0.139. The number of carbonyl (C=O) groups is 2. The van der Waals surface area contributed by atoms with Crippen LogP contribution in [0.1, 0.15) is 12.5 Å². The predicted octanol–water partition coefficient (Wildman–Crippen LogP) is 1.89. The average molecular weight is 245 g/mol. The summed E-state index contributed by atoms with van der Waals surface area (Å²) in [5.41, 5.74) is 1.11. The van der Waals surface area contributed by atoms with Gasteiger partial charge in [0.15, 0.2) is 0 Å². The molecule has 0 heterocycles. The van der Waals surface area contributed by atoms with E-state index < -0.39 is 5.97 Å². The van der Waals surface area contributed by atoms with Crippen molar-refractivity contribution in [1.29, 1.82) is 0 Å². The van der Waals surface area contributed by atoms with E-state index in [1.54, 1.807) is 13.0 Å². The second-order valence-electron chi connectivity index (χ2n) is 3.33. The second kappa shape index (κ2) is 7.84. The van der Waals surface area contributed by atoms with Crippen LogP contribution in [0.3, 0.4) is 0 Å². The van der Waals surface area contributed by atoms with Crippen LogP contribution >= 0.6 is 0 Å². The molecular weight excluding hydrogens is 230 g/mol. The molecule has 0 saturated heterocycles. The Hall–Kier alpha value is -2.36. The summed E-state index contributed by atoms with van der Waals surface area (Å²) in [6.07, 6.45) is 5.45. The highest BCUT2D eigenvalue weighted by atomic mass is 16.5. The third kappa shape index (κ3) is 4.65. The number of nitrogens with one attached hydrogen (secondary N) is 1. The largest absolute Gasteiger partial charge is 0.461 e. The summed E-state index contributed by atoms with van der Waals surface area (Å²) in [5, 5.41) is 2.31. The molecule has 0 saturated carbocycles. The third-order valence-corrected chi connectivity index (χ3v) is 2.06. The minimum Gasteiger partial charge on any atom is -0.461 e. The van der Waals surface area contributed by atoms with Gasteiger partial charge >= 0.3 is 5.97 Å². The van der Waals surface area contributed by atoms with Crippen molar-refractivity contribution in [3.05, 3.63) is 53.7 Å². The molecule has 18 heavy (non-hydrogen) atoms. The standard InChI is InChI=1S/C14H15NO3/c1-2-18-14(17)13(15-11-16)10-6-9-12-7-4-3-5-8-12/h3-11H,2H2,1H3,(H,15,16). The highest BCUT2D eigenvalue weighted by molar-refractivity contribution is 5.90.